The molecule has 0 saturated heterocycles. The minimum Gasteiger partial charge on any atom is -0.507 e. The van der Waals surface area contributed by atoms with Crippen molar-refractivity contribution >= 4 is 43.4 Å². The number of hydrogen-bond donors (Lipinski definition) is 1. The second-order valence-corrected chi connectivity index (χ2v) is 24.6. The van der Waals surface area contributed by atoms with Gasteiger partial charge in [-0.15, -0.1) is 29.3 Å². The van der Waals surface area contributed by atoms with Gasteiger partial charge in [-0.1, -0.05) is 216 Å². The topological polar surface area (TPSA) is 50.9 Å². The Kier molecular flexibility index (Phi) is 12.2. The van der Waals surface area contributed by atoms with Crippen LogP contribution >= 0.6 is 0 Å². The van der Waals surface area contributed by atoms with Crippen molar-refractivity contribution < 1.29 is 30.3 Å². The molecule has 0 fully saturated rings. The summed E-state index contributed by atoms with van der Waals surface area (Å²) in [7, 11) is 0. The maximum absolute atomic E-state index is 12.7. The fourth-order valence-corrected chi connectivity index (χ4v) is 10.8. The Bertz CT molecular complexity index is 4150. The summed E-state index contributed by atoms with van der Waals surface area (Å²) < 4.78 is 28.6. The summed E-state index contributed by atoms with van der Waals surface area (Å²) in [6.45, 7) is 24.0. The van der Waals surface area contributed by atoms with E-state index >= 15 is 0 Å². The minimum absolute atomic E-state index is 0. The summed E-state index contributed by atoms with van der Waals surface area (Å²) in [4.78, 5) is 10.7. The van der Waals surface area contributed by atoms with Gasteiger partial charge in [0.05, 0.1) is 22.3 Å². The predicted molar refractivity (Wildman–Crippen MR) is 319 cm³/mol. The number of benzene rings is 9. The molecule has 384 valence electrons. The third-order valence-electron chi connectivity index (χ3n) is 15.2. The third-order valence-corrected chi connectivity index (χ3v) is 15.2. The van der Waals surface area contributed by atoms with Crippen LogP contribution in [-0.4, -0.2) is 19.6 Å². The number of aromatic hydroxyl groups is 1. The number of pyridine rings is 1. The Morgan fingerprint density at radius 2 is 1.05 bits per heavy atom. The molecule has 0 aliphatic heterocycles. The van der Waals surface area contributed by atoms with E-state index in [1.807, 2.05) is 18.2 Å². The zero-order valence-corrected chi connectivity index (χ0v) is 48.0. The molecule has 2 heterocycles. The summed E-state index contributed by atoms with van der Waals surface area (Å²) in [6.07, 6.45) is 1.53. The van der Waals surface area contributed by atoms with Gasteiger partial charge in [-0.2, -0.15) is 0 Å². The average molecular weight is 1180 g/mol. The van der Waals surface area contributed by atoms with Crippen LogP contribution in [0.15, 0.2) is 170 Å². The van der Waals surface area contributed by atoms with Crippen LogP contribution in [-0.2, 0) is 42.7 Å². The average Bonchev–Trinajstić information content (AvgIpc) is 4.07. The largest absolute Gasteiger partial charge is 0.507 e. The van der Waals surface area contributed by atoms with Gasteiger partial charge in [-0.05, 0) is 125 Å². The van der Waals surface area contributed by atoms with Crippen molar-refractivity contribution in [3.8, 4) is 67.5 Å². The van der Waals surface area contributed by atoms with Gasteiger partial charge in [0.2, 0.25) is 0 Å². The molecule has 0 saturated carbocycles. The molecular weight excluding hydrogens is 1110 g/mol. The van der Waals surface area contributed by atoms with Crippen molar-refractivity contribution in [2.45, 2.75) is 112 Å². The first kappa shape index (κ1) is 48.5. The van der Waals surface area contributed by atoms with E-state index in [2.05, 4.69) is 239 Å². The number of phenols is 1. The number of nitrogens with zero attached hydrogens (tertiary/aromatic N) is 3. The molecule has 1 N–H and O–H groups in total. The SMILES string of the molecule is [2H]C([2H])([2H])c1cnc(-c2[c-]c(-c3cccc4c3nc(-c3cc(C(C)(C)C)cc(C(C)(C)C)c3O)n4-c3ccc(C(C)(C)C)cc3-c3ccccc3)cc(C(C)(C)C)c2)cc1-c1ccc2c3ccccc3c3ccccc3c2c1.[Pt]. The van der Waals surface area contributed by atoms with Gasteiger partial charge in [-0.3, -0.25) is 9.55 Å². The van der Waals surface area contributed by atoms with E-state index in [1.54, 1.807) is 0 Å². The summed E-state index contributed by atoms with van der Waals surface area (Å²) in [6, 6.07) is 61.2. The first-order valence-corrected chi connectivity index (χ1v) is 26.3. The van der Waals surface area contributed by atoms with Crippen LogP contribution < -0.4 is 0 Å². The van der Waals surface area contributed by atoms with Gasteiger partial charge in [0.15, 0.2) is 0 Å². The van der Waals surface area contributed by atoms with Crippen LogP contribution in [0.2, 0.25) is 0 Å². The normalized spacial score (nSPS) is 13.2. The second-order valence-electron chi connectivity index (χ2n) is 24.6. The van der Waals surface area contributed by atoms with Crippen molar-refractivity contribution in [2.75, 3.05) is 0 Å². The maximum Gasteiger partial charge on any atom is 0.148 e. The summed E-state index contributed by atoms with van der Waals surface area (Å²) in [5.74, 6) is 0.835. The fraction of sp³-hybridized carbons (Fsp3) is 0.239. The van der Waals surface area contributed by atoms with Gasteiger partial charge < -0.3 is 5.11 Å². The molecule has 11 aromatic rings. The molecule has 9 aromatic carbocycles. The van der Waals surface area contributed by atoms with Crippen LogP contribution in [0, 0.1) is 12.9 Å². The van der Waals surface area contributed by atoms with Gasteiger partial charge in [-0.25, -0.2) is 4.98 Å². The van der Waals surface area contributed by atoms with Crippen molar-refractivity contribution in [3.05, 3.63) is 204 Å². The Morgan fingerprint density at radius 3 is 1.67 bits per heavy atom. The van der Waals surface area contributed by atoms with Crippen molar-refractivity contribution in [1.82, 2.24) is 14.5 Å². The van der Waals surface area contributed by atoms with Crippen LogP contribution in [0.1, 0.15) is 115 Å². The molecule has 0 atom stereocenters. The van der Waals surface area contributed by atoms with E-state index < -0.39 is 6.85 Å². The zero-order valence-electron chi connectivity index (χ0n) is 48.8. The summed E-state index contributed by atoms with van der Waals surface area (Å²) >= 11 is 0. The first-order chi connectivity index (χ1) is 36.8. The maximum atomic E-state index is 12.7. The van der Waals surface area contributed by atoms with E-state index in [0.717, 1.165) is 93.7 Å². The summed E-state index contributed by atoms with van der Waals surface area (Å²) in [5, 5.41) is 19.4. The monoisotopic (exact) mass is 1180 g/mol. The Morgan fingerprint density at radius 1 is 0.474 bits per heavy atom. The quantitative estimate of drug-likeness (QED) is 0.133. The Labute approximate surface area is 468 Å². The second kappa shape index (κ2) is 19.2. The van der Waals surface area contributed by atoms with Gasteiger partial charge in [0, 0.05) is 48.2 Å². The molecule has 4 nitrogen and oxygen atoms in total. The number of aromatic nitrogens is 3. The van der Waals surface area contributed by atoms with Crippen LogP contribution in [0.5, 0.6) is 5.75 Å². The number of para-hydroxylation sites is 1. The molecule has 0 aliphatic carbocycles. The number of aryl methyl sites for hydroxylation is 1. The molecule has 0 radical (unpaired) electrons. The van der Waals surface area contributed by atoms with Crippen molar-refractivity contribution in [1.29, 1.82) is 0 Å². The number of rotatable bonds is 6. The number of imidazole rings is 1. The Hall–Kier alpha value is -7.13. The fourth-order valence-electron chi connectivity index (χ4n) is 10.8. The minimum atomic E-state index is -2.43. The molecule has 5 heteroatoms. The number of fused-ring (bicyclic) bond motifs is 7. The van der Waals surface area contributed by atoms with E-state index in [0.29, 0.717) is 22.6 Å². The standard InChI is InChI=1S/C71H68N3O.Pt/c1-43-42-72-62(41-57(43)45-30-32-56-54-26-18-17-24-52(54)53-25-19-20-27-55(53)59(56)37-45)47-34-46(35-49(36-47)69(5,6)7)51-28-21-29-64-65(51)73-67(60-39-50(70(8,9)10)40-61(66(60)75)71(11,12)13)74(64)63-33-31-48(68(2,3)4)38-58(63)44-22-15-14-16-23-44;/h14-33,35-42,75H,1-13H3;/q-1;/i1D3;. The van der Waals surface area contributed by atoms with E-state index in [9.17, 15) is 5.11 Å². The molecule has 0 amide bonds. The molecular formula is C71H68N3OPt-. The zero-order chi connectivity index (χ0) is 55.4. The van der Waals surface area contributed by atoms with E-state index in [1.165, 1.54) is 17.1 Å². The number of phenolic OH excluding ortho intramolecular Hbond substituents is 1. The van der Waals surface area contributed by atoms with Gasteiger partial charge in [0.25, 0.3) is 0 Å². The van der Waals surface area contributed by atoms with Gasteiger partial charge in [0.1, 0.15) is 11.6 Å². The van der Waals surface area contributed by atoms with E-state index in [4.69, 9.17) is 14.1 Å². The summed E-state index contributed by atoms with van der Waals surface area (Å²) in [5.41, 5.74) is 13.1. The van der Waals surface area contributed by atoms with Crippen molar-refractivity contribution in [2.24, 2.45) is 0 Å². The predicted octanol–water partition coefficient (Wildman–Crippen LogP) is 19.2. The molecule has 0 unspecified atom stereocenters. The molecule has 11 rings (SSSR count). The molecule has 2 aromatic heterocycles. The molecule has 0 spiro atoms. The molecule has 0 bridgehead atoms. The Balaban J connectivity index is 0.00000704. The number of hydrogen-bond acceptors (Lipinski definition) is 3. The van der Waals surface area contributed by atoms with Gasteiger partial charge >= 0.3 is 0 Å². The van der Waals surface area contributed by atoms with Crippen molar-refractivity contribution in [3.63, 3.8) is 0 Å². The van der Waals surface area contributed by atoms with Crippen LogP contribution in [0.4, 0.5) is 0 Å². The first-order valence-electron chi connectivity index (χ1n) is 27.8. The van der Waals surface area contributed by atoms with E-state index in [-0.39, 0.29) is 54.0 Å². The molecule has 0 aliphatic rings. The smallest absolute Gasteiger partial charge is 0.148 e. The molecule has 76 heavy (non-hydrogen) atoms. The third kappa shape index (κ3) is 9.38. The van der Waals surface area contributed by atoms with Crippen LogP contribution in [0.25, 0.3) is 105 Å². The van der Waals surface area contributed by atoms with Crippen LogP contribution in [0.3, 0.4) is 0 Å².